The van der Waals surface area contributed by atoms with Crippen molar-refractivity contribution in [2.45, 2.75) is 63.8 Å². The summed E-state index contributed by atoms with van der Waals surface area (Å²) in [6.45, 7) is 5.99. The molecule has 3 aromatic rings. The van der Waals surface area contributed by atoms with Crippen LogP contribution in [0.3, 0.4) is 0 Å². The van der Waals surface area contributed by atoms with Crippen LogP contribution >= 0.6 is 0 Å². The molecule has 220 valence electrons. The van der Waals surface area contributed by atoms with Gasteiger partial charge in [-0.15, -0.1) is 0 Å². The molecule has 0 spiro atoms. The first-order valence-electron chi connectivity index (χ1n) is 14.1. The zero-order chi connectivity index (χ0) is 30.1. The van der Waals surface area contributed by atoms with Gasteiger partial charge in [0, 0.05) is 18.8 Å². The third kappa shape index (κ3) is 8.53. The summed E-state index contributed by atoms with van der Waals surface area (Å²) in [6.07, 6.45) is 4.76. The number of aromatic nitrogens is 2. The molecular weight excluding hydrogens is 534 g/mol. The van der Waals surface area contributed by atoms with Crippen LogP contribution in [0.1, 0.15) is 61.3 Å². The van der Waals surface area contributed by atoms with Gasteiger partial charge < -0.3 is 20.7 Å². The molecule has 10 heteroatoms. The number of benzene rings is 2. The molecule has 1 fully saturated rings. The predicted molar refractivity (Wildman–Crippen MR) is 156 cm³/mol. The molecule has 3 N–H and O–H groups in total. The van der Waals surface area contributed by atoms with Gasteiger partial charge in [-0.05, 0) is 30.4 Å². The summed E-state index contributed by atoms with van der Waals surface area (Å²) in [5.41, 5.74) is 0.788. The lowest BCUT2D eigenvalue weighted by Crippen LogP contribution is -2.54. The number of ether oxygens (including phenoxy) is 1. The zero-order valence-electron chi connectivity index (χ0n) is 24.1. The Morgan fingerprint density at radius 1 is 0.905 bits per heavy atom. The Morgan fingerprint density at radius 2 is 1.57 bits per heavy atom. The van der Waals surface area contributed by atoms with Gasteiger partial charge in [-0.3, -0.25) is 24.2 Å². The molecule has 0 saturated carbocycles. The highest BCUT2D eigenvalue weighted by molar-refractivity contribution is 5.98. The van der Waals surface area contributed by atoms with Gasteiger partial charge in [0.25, 0.3) is 5.91 Å². The van der Waals surface area contributed by atoms with Crippen molar-refractivity contribution in [1.82, 2.24) is 25.9 Å². The molecule has 0 radical (unpaired) electrons. The van der Waals surface area contributed by atoms with E-state index in [1.807, 2.05) is 74.5 Å². The molecule has 2 heterocycles. The monoisotopic (exact) mass is 571 g/mol. The number of epoxide rings is 1. The Morgan fingerprint density at radius 3 is 2.17 bits per heavy atom. The van der Waals surface area contributed by atoms with E-state index in [9.17, 15) is 19.2 Å². The number of hydrogen-bond donors (Lipinski definition) is 3. The molecule has 1 saturated heterocycles. The topological polar surface area (TPSA) is 143 Å². The number of amides is 3. The Kier molecular flexibility index (Phi) is 10.1. The lowest BCUT2D eigenvalue weighted by Gasteiger charge is -2.26. The summed E-state index contributed by atoms with van der Waals surface area (Å²) in [5.74, 6) is -1.41. The number of nitrogens with zero attached hydrogens (tertiary/aromatic N) is 2. The third-order valence-corrected chi connectivity index (χ3v) is 7.07. The van der Waals surface area contributed by atoms with Gasteiger partial charge in [0.15, 0.2) is 5.78 Å². The third-order valence-electron chi connectivity index (χ3n) is 7.07. The van der Waals surface area contributed by atoms with Crippen molar-refractivity contribution in [2.24, 2.45) is 5.92 Å². The quantitative estimate of drug-likeness (QED) is 0.253. The molecule has 0 aliphatic carbocycles. The van der Waals surface area contributed by atoms with Crippen molar-refractivity contribution >= 4 is 23.5 Å². The molecule has 10 nitrogen and oxygen atoms in total. The summed E-state index contributed by atoms with van der Waals surface area (Å²) in [6, 6.07) is 16.0. The van der Waals surface area contributed by atoms with E-state index in [1.54, 1.807) is 6.92 Å². The second-order valence-corrected chi connectivity index (χ2v) is 11.1. The van der Waals surface area contributed by atoms with Crippen LogP contribution < -0.4 is 16.0 Å². The van der Waals surface area contributed by atoms with Gasteiger partial charge in [-0.2, -0.15) is 0 Å². The lowest BCUT2D eigenvalue weighted by molar-refractivity contribution is -0.133. The van der Waals surface area contributed by atoms with Crippen LogP contribution in [0.15, 0.2) is 79.3 Å². The second kappa shape index (κ2) is 14.0. The molecule has 1 aliphatic rings. The first-order valence-corrected chi connectivity index (χ1v) is 14.1. The lowest BCUT2D eigenvalue weighted by atomic mass is 9.93. The molecule has 4 atom stereocenters. The molecule has 0 bridgehead atoms. The van der Waals surface area contributed by atoms with E-state index < -0.39 is 41.4 Å². The van der Waals surface area contributed by atoms with Gasteiger partial charge in [0.2, 0.25) is 11.8 Å². The van der Waals surface area contributed by atoms with E-state index >= 15 is 0 Å². The molecule has 4 rings (SSSR count). The van der Waals surface area contributed by atoms with Crippen LogP contribution in [0.4, 0.5) is 0 Å². The van der Waals surface area contributed by atoms with Crippen molar-refractivity contribution in [2.75, 3.05) is 6.61 Å². The molecular formula is C32H37N5O5. The first kappa shape index (κ1) is 30.5. The fraction of sp³-hybridized carbons (Fsp3) is 0.375. The SMILES string of the molecule is CC(C)C[C@H](NC(=O)[C@H](Cc1ccccc1)NC(=O)CC(NC(=O)c1cnccn1)c1ccccc1)C(=O)[C@@]1(C)CO1. The Balaban J connectivity index is 1.52. The number of rotatable bonds is 14. The highest BCUT2D eigenvalue weighted by Gasteiger charge is 2.50. The summed E-state index contributed by atoms with van der Waals surface area (Å²) < 4.78 is 5.36. The summed E-state index contributed by atoms with van der Waals surface area (Å²) >= 11 is 0. The Bertz CT molecular complexity index is 1360. The first-order chi connectivity index (χ1) is 20.1. The van der Waals surface area contributed by atoms with Crippen molar-refractivity contribution < 1.29 is 23.9 Å². The number of hydrogen-bond acceptors (Lipinski definition) is 7. The molecule has 42 heavy (non-hydrogen) atoms. The van der Waals surface area contributed by atoms with Crippen LogP contribution in [-0.4, -0.2) is 57.8 Å². The molecule has 3 amide bonds. The van der Waals surface area contributed by atoms with E-state index in [0.29, 0.717) is 18.6 Å². The Labute approximate surface area is 245 Å². The minimum atomic E-state index is -0.956. The summed E-state index contributed by atoms with van der Waals surface area (Å²) in [4.78, 5) is 61.1. The summed E-state index contributed by atoms with van der Waals surface area (Å²) in [7, 11) is 0. The molecule has 1 aromatic heterocycles. The van der Waals surface area contributed by atoms with Crippen molar-refractivity contribution in [3.8, 4) is 0 Å². The van der Waals surface area contributed by atoms with Crippen LogP contribution in [0.5, 0.6) is 0 Å². The molecule has 2 aromatic carbocycles. The van der Waals surface area contributed by atoms with Crippen LogP contribution in [0, 0.1) is 5.92 Å². The number of nitrogens with one attached hydrogen (secondary N) is 3. The fourth-order valence-corrected chi connectivity index (χ4v) is 4.68. The van der Waals surface area contributed by atoms with Crippen molar-refractivity contribution in [3.63, 3.8) is 0 Å². The van der Waals surface area contributed by atoms with E-state index in [-0.39, 0.29) is 30.2 Å². The van der Waals surface area contributed by atoms with E-state index in [0.717, 1.165) is 5.56 Å². The molecule has 1 aliphatic heterocycles. The largest absolute Gasteiger partial charge is 0.361 e. The smallest absolute Gasteiger partial charge is 0.271 e. The van der Waals surface area contributed by atoms with Crippen molar-refractivity contribution in [3.05, 3.63) is 96.1 Å². The van der Waals surface area contributed by atoms with Gasteiger partial charge in [-0.1, -0.05) is 74.5 Å². The highest BCUT2D eigenvalue weighted by atomic mass is 16.6. The van der Waals surface area contributed by atoms with Gasteiger partial charge in [0.05, 0.1) is 31.3 Å². The normalized spacial score (nSPS) is 17.9. The maximum absolute atomic E-state index is 13.6. The van der Waals surface area contributed by atoms with E-state index in [4.69, 9.17) is 4.74 Å². The number of ketones is 1. The minimum Gasteiger partial charge on any atom is -0.361 e. The van der Waals surface area contributed by atoms with E-state index in [2.05, 4.69) is 25.9 Å². The number of carbonyl (C=O) groups excluding carboxylic acids is 4. The summed E-state index contributed by atoms with van der Waals surface area (Å²) in [5, 5.41) is 8.61. The Hall–Kier alpha value is -4.44. The van der Waals surface area contributed by atoms with Crippen LogP contribution in [-0.2, 0) is 25.5 Å². The minimum absolute atomic E-state index is 0.120. The number of carbonyl (C=O) groups is 4. The maximum Gasteiger partial charge on any atom is 0.271 e. The van der Waals surface area contributed by atoms with Crippen LogP contribution in [0.25, 0.3) is 0 Å². The van der Waals surface area contributed by atoms with Crippen LogP contribution in [0.2, 0.25) is 0 Å². The average Bonchev–Trinajstić information content (AvgIpc) is 3.75. The van der Waals surface area contributed by atoms with Gasteiger partial charge in [-0.25, -0.2) is 4.98 Å². The van der Waals surface area contributed by atoms with Gasteiger partial charge >= 0.3 is 0 Å². The van der Waals surface area contributed by atoms with Gasteiger partial charge in [0.1, 0.15) is 17.3 Å². The van der Waals surface area contributed by atoms with E-state index in [1.165, 1.54) is 18.6 Å². The fourth-order valence-electron chi connectivity index (χ4n) is 4.68. The number of Topliss-reactive ketones (excluding diaryl/α,β-unsaturated/α-hetero) is 1. The molecule has 1 unspecified atom stereocenters. The zero-order valence-corrected chi connectivity index (χ0v) is 24.1. The average molecular weight is 572 g/mol. The highest BCUT2D eigenvalue weighted by Crippen LogP contribution is 2.29. The predicted octanol–water partition coefficient (Wildman–Crippen LogP) is 2.95. The maximum atomic E-state index is 13.6. The van der Waals surface area contributed by atoms with Crippen molar-refractivity contribution in [1.29, 1.82) is 0 Å². The second-order valence-electron chi connectivity index (χ2n) is 11.1. The standard InChI is InChI=1S/C32H37N5O5/c1-21(2)16-25(29(39)32(3)20-42-32)37-30(40)26(17-22-10-6-4-7-11-22)35-28(38)18-24(23-12-8-5-9-13-23)36-31(41)27-19-33-14-15-34-27/h4-15,19,21,24-26H,16-18,20H2,1-3H3,(H,35,38)(H,36,41)(H,37,40)/t24?,25-,26-,32+/m0/s1.